The quantitative estimate of drug-likeness (QED) is 0.185. The lowest BCUT2D eigenvalue weighted by Crippen LogP contribution is -2.22. The van der Waals surface area contributed by atoms with Crippen LogP contribution in [0.3, 0.4) is 0 Å². The number of nitrogens with zero attached hydrogens (tertiary/aromatic N) is 5. The number of benzene rings is 3. The van der Waals surface area contributed by atoms with Crippen molar-refractivity contribution >= 4 is 23.0 Å². The Balaban J connectivity index is 1.32. The standard InChI is InChI=1S/C28H18N6O5/c29-13-17-1-3-18(4-2-17)14-31-28(37)20-7-5-19(6-8-20)24-12-26-30-15-21(16-33(26)32-24)27(36)23-11-22(34(38)39)9-10-25(23)35/h1-12,15-16,35H,14H2,(H,31,37). The number of rotatable bonds is 7. The molecule has 0 saturated carbocycles. The van der Waals surface area contributed by atoms with E-state index in [0.29, 0.717) is 34.6 Å². The number of nitrogens with one attached hydrogen (secondary N) is 1. The number of phenolic OH excluding ortho intramolecular Hbond substituents is 1. The largest absolute Gasteiger partial charge is 0.507 e. The molecule has 5 rings (SSSR count). The number of fused-ring (bicyclic) bond motifs is 1. The molecule has 1 amide bonds. The highest BCUT2D eigenvalue weighted by atomic mass is 16.6. The molecule has 0 spiro atoms. The van der Waals surface area contributed by atoms with Crippen molar-refractivity contribution in [1.82, 2.24) is 19.9 Å². The van der Waals surface area contributed by atoms with Crippen LogP contribution in [0.15, 0.2) is 85.2 Å². The SMILES string of the molecule is N#Cc1ccc(CNC(=O)c2ccc(-c3cc4ncc(C(=O)c5cc([N+](=O)[O-])ccc5O)cn4n3)cc2)cc1. The van der Waals surface area contributed by atoms with Gasteiger partial charge in [0.2, 0.25) is 0 Å². The van der Waals surface area contributed by atoms with Gasteiger partial charge in [-0.15, -0.1) is 0 Å². The van der Waals surface area contributed by atoms with E-state index >= 15 is 0 Å². The zero-order chi connectivity index (χ0) is 27.5. The highest BCUT2D eigenvalue weighted by Crippen LogP contribution is 2.26. The topological polar surface area (TPSA) is 164 Å². The van der Waals surface area contributed by atoms with E-state index in [-0.39, 0.29) is 28.5 Å². The van der Waals surface area contributed by atoms with Crippen LogP contribution in [-0.4, -0.2) is 36.3 Å². The summed E-state index contributed by atoms with van der Waals surface area (Å²) < 4.78 is 1.40. The Morgan fingerprint density at radius 3 is 2.46 bits per heavy atom. The van der Waals surface area contributed by atoms with E-state index in [0.717, 1.165) is 23.8 Å². The molecular formula is C28H18N6O5. The van der Waals surface area contributed by atoms with E-state index in [1.807, 2.05) is 0 Å². The number of amides is 1. The fourth-order valence-electron chi connectivity index (χ4n) is 3.88. The Labute approximate surface area is 220 Å². The van der Waals surface area contributed by atoms with E-state index in [1.54, 1.807) is 54.6 Å². The van der Waals surface area contributed by atoms with Gasteiger partial charge in [0.05, 0.1) is 33.4 Å². The zero-order valence-electron chi connectivity index (χ0n) is 20.1. The first-order chi connectivity index (χ1) is 18.8. The third kappa shape index (κ3) is 5.16. The second kappa shape index (κ2) is 10.2. The maximum atomic E-state index is 12.9. The Morgan fingerprint density at radius 2 is 1.77 bits per heavy atom. The van der Waals surface area contributed by atoms with Gasteiger partial charge in [-0.1, -0.05) is 24.3 Å². The van der Waals surface area contributed by atoms with Crippen LogP contribution >= 0.6 is 0 Å². The van der Waals surface area contributed by atoms with Crippen LogP contribution in [0.1, 0.15) is 37.4 Å². The van der Waals surface area contributed by atoms with Crippen LogP contribution in [0.5, 0.6) is 5.75 Å². The molecule has 5 aromatic rings. The molecule has 0 fully saturated rings. The van der Waals surface area contributed by atoms with Crippen LogP contribution in [-0.2, 0) is 6.54 Å². The van der Waals surface area contributed by atoms with Crippen LogP contribution in [0.4, 0.5) is 5.69 Å². The molecule has 0 radical (unpaired) electrons. The number of ketones is 1. The summed E-state index contributed by atoms with van der Waals surface area (Å²) in [5.41, 5.74) is 3.14. The molecular weight excluding hydrogens is 500 g/mol. The average Bonchev–Trinajstić information content (AvgIpc) is 3.39. The van der Waals surface area contributed by atoms with Gasteiger partial charge in [-0.25, -0.2) is 9.50 Å². The fourth-order valence-corrected chi connectivity index (χ4v) is 3.88. The van der Waals surface area contributed by atoms with Gasteiger partial charge in [0.25, 0.3) is 11.6 Å². The lowest BCUT2D eigenvalue weighted by molar-refractivity contribution is -0.384. The molecule has 190 valence electrons. The molecule has 0 aliphatic heterocycles. The monoisotopic (exact) mass is 518 g/mol. The molecule has 0 atom stereocenters. The predicted octanol–water partition coefficient (Wildman–Crippen LogP) is 4.04. The lowest BCUT2D eigenvalue weighted by Gasteiger charge is -2.06. The highest BCUT2D eigenvalue weighted by molar-refractivity contribution is 6.10. The van der Waals surface area contributed by atoms with Gasteiger partial charge in [-0.3, -0.25) is 19.7 Å². The molecule has 39 heavy (non-hydrogen) atoms. The maximum Gasteiger partial charge on any atom is 0.270 e. The molecule has 2 N–H and O–H groups in total. The molecule has 2 heterocycles. The minimum absolute atomic E-state index is 0.0854. The van der Waals surface area contributed by atoms with Gasteiger partial charge in [-0.05, 0) is 35.9 Å². The molecule has 0 bridgehead atoms. The Bertz CT molecular complexity index is 1790. The number of nitro benzene ring substituents is 1. The summed E-state index contributed by atoms with van der Waals surface area (Å²) >= 11 is 0. The summed E-state index contributed by atoms with van der Waals surface area (Å²) in [6, 6.07) is 20.7. The summed E-state index contributed by atoms with van der Waals surface area (Å²) in [7, 11) is 0. The Hall–Kier alpha value is -5.89. The molecule has 0 unspecified atom stereocenters. The van der Waals surface area contributed by atoms with Gasteiger partial charge in [0, 0.05) is 48.3 Å². The van der Waals surface area contributed by atoms with Crippen molar-refractivity contribution in [3.05, 3.63) is 123 Å². The number of carbonyl (C=O) groups is 2. The highest BCUT2D eigenvalue weighted by Gasteiger charge is 2.19. The summed E-state index contributed by atoms with van der Waals surface area (Å²) in [4.78, 5) is 40.1. The molecule has 2 aromatic heterocycles. The number of carbonyl (C=O) groups excluding carboxylic acids is 2. The molecule has 0 saturated heterocycles. The van der Waals surface area contributed by atoms with Crippen LogP contribution in [0.2, 0.25) is 0 Å². The number of hydrogen-bond donors (Lipinski definition) is 2. The fraction of sp³-hybridized carbons (Fsp3) is 0.0357. The molecule has 3 aromatic carbocycles. The minimum Gasteiger partial charge on any atom is -0.507 e. The van der Waals surface area contributed by atoms with Crippen molar-refractivity contribution in [3.8, 4) is 23.1 Å². The number of aromatic nitrogens is 3. The summed E-state index contributed by atoms with van der Waals surface area (Å²) in [6.07, 6.45) is 2.74. The second-order valence-electron chi connectivity index (χ2n) is 8.53. The molecule has 0 aliphatic carbocycles. The number of nitro groups is 1. The van der Waals surface area contributed by atoms with Gasteiger partial charge in [-0.2, -0.15) is 10.4 Å². The Morgan fingerprint density at radius 1 is 1.03 bits per heavy atom. The van der Waals surface area contributed by atoms with Crippen molar-refractivity contribution in [2.45, 2.75) is 6.54 Å². The number of phenols is 1. The van der Waals surface area contributed by atoms with Crippen molar-refractivity contribution in [2.24, 2.45) is 0 Å². The number of non-ortho nitro benzene ring substituents is 1. The van der Waals surface area contributed by atoms with E-state index in [9.17, 15) is 24.8 Å². The lowest BCUT2D eigenvalue weighted by atomic mass is 10.0. The zero-order valence-corrected chi connectivity index (χ0v) is 20.1. The Kier molecular flexibility index (Phi) is 6.50. The molecule has 11 heteroatoms. The van der Waals surface area contributed by atoms with E-state index in [4.69, 9.17) is 5.26 Å². The predicted molar refractivity (Wildman–Crippen MR) is 139 cm³/mol. The van der Waals surface area contributed by atoms with Gasteiger partial charge in [0.15, 0.2) is 11.4 Å². The third-order valence-corrected chi connectivity index (χ3v) is 5.99. The van der Waals surface area contributed by atoms with Crippen molar-refractivity contribution in [2.75, 3.05) is 0 Å². The molecule has 0 aliphatic rings. The average molecular weight is 518 g/mol. The maximum absolute atomic E-state index is 12.9. The van der Waals surface area contributed by atoms with Crippen molar-refractivity contribution in [3.63, 3.8) is 0 Å². The van der Waals surface area contributed by atoms with Crippen molar-refractivity contribution in [1.29, 1.82) is 5.26 Å². The summed E-state index contributed by atoms with van der Waals surface area (Å²) in [5.74, 6) is -1.28. The summed E-state index contributed by atoms with van der Waals surface area (Å²) in [5, 5.41) is 37.3. The van der Waals surface area contributed by atoms with Crippen LogP contribution < -0.4 is 5.32 Å². The smallest absolute Gasteiger partial charge is 0.270 e. The van der Waals surface area contributed by atoms with E-state index < -0.39 is 10.7 Å². The molecule has 11 nitrogen and oxygen atoms in total. The summed E-state index contributed by atoms with van der Waals surface area (Å²) in [6.45, 7) is 0.319. The van der Waals surface area contributed by atoms with Crippen molar-refractivity contribution < 1.29 is 19.6 Å². The van der Waals surface area contributed by atoms with Gasteiger partial charge >= 0.3 is 0 Å². The number of hydrogen-bond acceptors (Lipinski definition) is 8. The second-order valence-corrected chi connectivity index (χ2v) is 8.53. The first-order valence-electron chi connectivity index (χ1n) is 11.6. The van der Waals surface area contributed by atoms with E-state index in [2.05, 4.69) is 21.5 Å². The normalized spacial score (nSPS) is 10.6. The van der Waals surface area contributed by atoms with Gasteiger partial charge in [0.1, 0.15) is 5.75 Å². The van der Waals surface area contributed by atoms with Crippen LogP contribution in [0.25, 0.3) is 16.9 Å². The third-order valence-electron chi connectivity index (χ3n) is 5.99. The first-order valence-corrected chi connectivity index (χ1v) is 11.6. The number of aromatic hydroxyl groups is 1. The number of nitriles is 1. The first kappa shape index (κ1) is 24.8. The van der Waals surface area contributed by atoms with E-state index in [1.165, 1.54) is 16.9 Å². The van der Waals surface area contributed by atoms with Gasteiger partial charge < -0.3 is 10.4 Å². The van der Waals surface area contributed by atoms with Crippen LogP contribution in [0, 0.1) is 21.4 Å². The minimum atomic E-state index is -0.651.